The summed E-state index contributed by atoms with van der Waals surface area (Å²) in [5, 5.41) is 11.2. The van der Waals surface area contributed by atoms with Gasteiger partial charge in [0.1, 0.15) is 17.3 Å². The summed E-state index contributed by atoms with van der Waals surface area (Å²) in [4.78, 5) is 26.0. The highest BCUT2D eigenvalue weighted by Crippen LogP contribution is 2.40. The van der Waals surface area contributed by atoms with Gasteiger partial charge in [0.05, 0.1) is 24.3 Å². The Morgan fingerprint density at radius 2 is 1.96 bits per heavy atom. The summed E-state index contributed by atoms with van der Waals surface area (Å²) < 4.78 is 18.8. The van der Waals surface area contributed by atoms with Crippen LogP contribution in [0.5, 0.6) is 5.75 Å². The van der Waals surface area contributed by atoms with Gasteiger partial charge in [0, 0.05) is 12.1 Å². The average Bonchev–Trinajstić information content (AvgIpc) is 2.85. The van der Waals surface area contributed by atoms with Gasteiger partial charge in [-0.2, -0.15) is 0 Å². The topological polar surface area (TPSA) is 66.8 Å². The van der Waals surface area contributed by atoms with Gasteiger partial charge >= 0.3 is 0 Å². The molecule has 0 bridgehead atoms. The Balaban J connectivity index is 2.25. The van der Waals surface area contributed by atoms with E-state index < -0.39 is 29.3 Å². The van der Waals surface area contributed by atoms with Gasteiger partial charge in [-0.1, -0.05) is 23.7 Å². The van der Waals surface area contributed by atoms with Crippen LogP contribution in [0, 0.1) is 5.82 Å². The maximum absolute atomic E-state index is 13.7. The lowest BCUT2D eigenvalue weighted by atomic mass is 9.95. The van der Waals surface area contributed by atoms with Crippen molar-refractivity contribution in [1.82, 2.24) is 4.90 Å². The second-order valence-corrected chi connectivity index (χ2v) is 6.25. The van der Waals surface area contributed by atoms with Gasteiger partial charge in [-0.25, -0.2) is 4.39 Å². The first kappa shape index (κ1) is 17.9. The molecule has 134 valence electrons. The second-order valence-electron chi connectivity index (χ2n) is 5.81. The molecular weight excluding hydrogens is 361 g/mol. The normalized spacial score (nSPS) is 19.1. The van der Waals surface area contributed by atoms with Gasteiger partial charge in [0.15, 0.2) is 0 Å². The molecular formula is C19H15ClFNO4. The smallest absolute Gasteiger partial charge is 0.295 e. The molecule has 1 heterocycles. The summed E-state index contributed by atoms with van der Waals surface area (Å²) >= 11 is 6.02. The highest BCUT2D eigenvalue weighted by Gasteiger charge is 2.44. The predicted octanol–water partition coefficient (Wildman–Crippen LogP) is 3.54. The molecule has 1 amide bonds. The van der Waals surface area contributed by atoms with Gasteiger partial charge in [-0.05, 0) is 35.9 Å². The first-order valence-corrected chi connectivity index (χ1v) is 8.07. The molecule has 2 aromatic rings. The molecule has 26 heavy (non-hydrogen) atoms. The van der Waals surface area contributed by atoms with Crippen LogP contribution in [0.1, 0.15) is 17.2 Å². The third-order valence-corrected chi connectivity index (χ3v) is 4.49. The Bertz CT molecular complexity index is 941. The van der Waals surface area contributed by atoms with Crippen LogP contribution in [0.3, 0.4) is 0 Å². The van der Waals surface area contributed by atoms with Gasteiger partial charge in [-0.15, -0.1) is 0 Å². The molecule has 1 N–H and O–H groups in total. The van der Waals surface area contributed by atoms with E-state index in [-0.39, 0.29) is 16.9 Å². The van der Waals surface area contributed by atoms with E-state index in [2.05, 4.69) is 0 Å². The van der Waals surface area contributed by atoms with E-state index in [4.69, 9.17) is 16.3 Å². The van der Waals surface area contributed by atoms with Gasteiger partial charge in [0.2, 0.25) is 0 Å². The third-order valence-electron chi connectivity index (χ3n) is 4.26. The van der Waals surface area contributed by atoms with Crippen LogP contribution in [-0.4, -0.2) is 35.9 Å². The number of ether oxygens (including phenoxy) is 1. The molecule has 5 nitrogen and oxygen atoms in total. The van der Waals surface area contributed by atoms with Crippen molar-refractivity contribution >= 4 is 29.1 Å². The highest BCUT2D eigenvalue weighted by molar-refractivity contribution is 6.46. The average molecular weight is 376 g/mol. The highest BCUT2D eigenvalue weighted by atomic mass is 35.5. The summed E-state index contributed by atoms with van der Waals surface area (Å²) in [5.74, 6) is -2.57. The molecule has 1 atom stereocenters. The molecule has 1 aliphatic heterocycles. The van der Waals surface area contributed by atoms with Crippen molar-refractivity contribution in [3.05, 3.63) is 70.0 Å². The maximum Gasteiger partial charge on any atom is 0.295 e. The Labute approximate surface area is 154 Å². The van der Waals surface area contributed by atoms with E-state index in [1.54, 1.807) is 24.3 Å². The number of ketones is 1. The number of likely N-dealkylation sites (N-methyl/N-ethyl adjacent to an activating group) is 1. The van der Waals surface area contributed by atoms with Crippen molar-refractivity contribution in [3.8, 4) is 5.75 Å². The number of rotatable bonds is 3. The van der Waals surface area contributed by atoms with E-state index in [1.807, 2.05) is 0 Å². The minimum absolute atomic E-state index is 0.00835. The van der Waals surface area contributed by atoms with Gasteiger partial charge in [-0.3, -0.25) is 9.59 Å². The maximum atomic E-state index is 13.7. The summed E-state index contributed by atoms with van der Waals surface area (Å²) in [6.45, 7) is 0. The monoisotopic (exact) mass is 375 g/mol. The lowest BCUT2D eigenvalue weighted by Gasteiger charge is -2.21. The summed E-state index contributed by atoms with van der Waals surface area (Å²) in [5.41, 5.74) is 0.394. The SMILES string of the molecule is COc1ccc(F)cc1/C(O)=C1\C(=O)C(=O)N(C)C1c1cccc(Cl)c1. The lowest BCUT2D eigenvalue weighted by Crippen LogP contribution is -2.24. The number of hydrogen-bond donors (Lipinski definition) is 1. The number of carbonyl (C=O) groups excluding carboxylic acids is 2. The Morgan fingerprint density at radius 3 is 2.62 bits per heavy atom. The van der Waals surface area contributed by atoms with E-state index in [1.165, 1.54) is 31.2 Å². The Kier molecular flexibility index (Phi) is 4.70. The van der Waals surface area contributed by atoms with Crippen LogP contribution < -0.4 is 4.74 Å². The number of Topliss-reactive ketones (excluding diaryl/α,β-unsaturated/α-hetero) is 1. The molecule has 1 unspecified atom stereocenters. The number of likely N-dealkylation sites (tertiary alicyclic amines) is 1. The van der Waals surface area contributed by atoms with Crippen molar-refractivity contribution in [1.29, 1.82) is 0 Å². The molecule has 3 rings (SSSR count). The molecule has 1 saturated heterocycles. The van der Waals surface area contributed by atoms with Crippen molar-refractivity contribution in [2.75, 3.05) is 14.2 Å². The zero-order valence-electron chi connectivity index (χ0n) is 14.0. The van der Waals surface area contributed by atoms with Crippen LogP contribution in [0.15, 0.2) is 48.0 Å². The molecule has 1 fully saturated rings. The number of aliphatic hydroxyl groups excluding tert-OH is 1. The van der Waals surface area contributed by atoms with Crippen molar-refractivity contribution < 1.29 is 23.8 Å². The van der Waals surface area contributed by atoms with Crippen LogP contribution in [0.4, 0.5) is 4.39 Å². The fourth-order valence-electron chi connectivity index (χ4n) is 3.02. The molecule has 0 aliphatic carbocycles. The number of methoxy groups -OCH3 is 1. The van der Waals surface area contributed by atoms with Crippen LogP contribution in [0.25, 0.3) is 5.76 Å². The molecule has 0 radical (unpaired) electrons. The minimum Gasteiger partial charge on any atom is -0.507 e. The van der Waals surface area contributed by atoms with Crippen molar-refractivity contribution in [2.45, 2.75) is 6.04 Å². The van der Waals surface area contributed by atoms with E-state index in [0.29, 0.717) is 10.6 Å². The number of carbonyl (C=O) groups is 2. The zero-order valence-corrected chi connectivity index (χ0v) is 14.7. The number of amides is 1. The van der Waals surface area contributed by atoms with E-state index >= 15 is 0 Å². The molecule has 0 aromatic heterocycles. The van der Waals surface area contributed by atoms with E-state index in [0.717, 1.165) is 6.07 Å². The predicted molar refractivity (Wildman–Crippen MR) is 94.5 cm³/mol. The number of nitrogens with zero attached hydrogens (tertiary/aromatic N) is 1. The van der Waals surface area contributed by atoms with Crippen molar-refractivity contribution in [3.63, 3.8) is 0 Å². The van der Waals surface area contributed by atoms with Gasteiger partial charge < -0.3 is 14.7 Å². The molecule has 2 aromatic carbocycles. The van der Waals surface area contributed by atoms with Crippen molar-refractivity contribution in [2.24, 2.45) is 0 Å². The second kappa shape index (κ2) is 6.80. The fourth-order valence-corrected chi connectivity index (χ4v) is 3.22. The largest absolute Gasteiger partial charge is 0.507 e. The van der Waals surface area contributed by atoms with Gasteiger partial charge in [0.25, 0.3) is 11.7 Å². The zero-order chi connectivity index (χ0) is 19.0. The number of halogens is 2. The quantitative estimate of drug-likeness (QED) is 0.506. The van der Waals surface area contributed by atoms with Crippen LogP contribution in [0.2, 0.25) is 5.02 Å². The summed E-state index contributed by atoms with van der Waals surface area (Å²) in [6.07, 6.45) is 0. The molecule has 0 spiro atoms. The number of benzene rings is 2. The number of hydrogen-bond acceptors (Lipinski definition) is 4. The Hall–Kier alpha value is -2.86. The van der Waals surface area contributed by atoms with E-state index in [9.17, 15) is 19.1 Å². The Morgan fingerprint density at radius 1 is 1.23 bits per heavy atom. The lowest BCUT2D eigenvalue weighted by molar-refractivity contribution is -0.139. The van der Waals surface area contributed by atoms with Crippen LogP contribution in [-0.2, 0) is 9.59 Å². The summed E-state index contributed by atoms with van der Waals surface area (Å²) in [6, 6.07) is 9.33. The van der Waals surface area contributed by atoms with Crippen LogP contribution >= 0.6 is 11.6 Å². The summed E-state index contributed by atoms with van der Waals surface area (Å²) in [7, 11) is 2.81. The molecule has 0 saturated carbocycles. The number of aliphatic hydroxyl groups is 1. The molecule has 7 heteroatoms. The minimum atomic E-state index is -0.860. The third kappa shape index (κ3) is 2.93. The standard InChI is InChI=1S/C19H15ClFNO4/c1-22-16(10-4-3-5-11(20)8-10)15(18(24)19(22)25)17(23)13-9-12(21)6-7-14(13)26-2/h3-9,16,23H,1-2H3/b17-15+. The fraction of sp³-hybridized carbons (Fsp3) is 0.158. The molecule has 1 aliphatic rings. The first-order valence-electron chi connectivity index (χ1n) is 7.69. The first-order chi connectivity index (χ1) is 12.3.